The van der Waals surface area contributed by atoms with Gasteiger partial charge in [-0.15, -0.1) is 0 Å². The van der Waals surface area contributed by atoms with Gasteiger partial charge in [-0.1, -0.05) is 84.9 Å². The Bertz CT molecular complexity index is 1690. The van der Waals surface area contributed by atoms with Crippen LogP contribution in [0.4, 0.5) is 4.79 Å². The fourth-order valence-corrected chi connectivity index (χ4v) is 6.21. The zero-order valence-electron chi connectivity index (χ0n) is 21.6. The van der Waals surface area contributed by atoms with Crippen LogP contribution in [0.3, 0.4) is 0 Å². The number of benzene rings is 4. The van der Waals surface area contributed by atoms with Crippen LogP contribution in [0.5, 0.6) is 0 Å². The molecule has 1 aliphatic rings. The summed E-state index contributed by atoms with van der Waals surface area (Å²) in [6.07, 6.45) is -0.586. The Labute approximate surface area is 230 Å². The molecule has 1 atom stereocenters. The number of hydrogen-bond donors (Lipinski definition) is 1. The van der Waals surface area contributed by atoms with Crippen LogP contribution in [-0.4, -0.2) is 39.6 Å². The number of carboxylic acid groups (broad SMARTS) is 1. The van der Waals surface area contributed by atoms with E-state index in [0.717, 1.165) is 49.8 Å². The summed E-state index contributed by atoms with van der Waals surface area (Å²) in [5, 5.41) is 11.9. The van der Waals surface area contributed by atoms with Gasteiger partial charge in [-0.25, -0.2) is 9.59 Å². The van der Waals surface area contributed by atoms with E-state index < -0.39 is 23.8 Å². The molecule has 1 aromatic heterocycles. The van der Waals surface area contributed by atoms with E-state index in [9.17, 15) is 14.7 Å². The largest absolute Gasteiger partial charge is 0.480 e. The number of ether oxygens (including phenoxy) is 1. The summed E-state index contributed by atoms with van der Waals surface area (Å²) in [6.45, 7) is 3.39. The Morgan fingerprint density at radius 3 is 2.18 bits per heavy atom. The van der Waals surface area contributed by atoms with Gasteiger partial charge in [0, 0.05) is 27.8 Å². The van der Waals surface area contributed by atoms with Crippen LogP contribution in [0.15, 0.2) is 95.4 Å². The second-order valence-corrected chi connectivity index (χ2v) is 11.1. The summed E-state index contributed by atoms with van der Waals surface area (Å²) in [4.78, 5) is 24.9. The Balaban J connectivity index is 1.14. The quantitative estimate of drug-likeness (QED) is 0.218. The molecule has 1 unspecified atom stereocenters. The van der Waals surface area contributed by atoms with Crippen LogP contribution in [0.2, 0.25) is 0 Å². The molecule has 1 fully saturated rings. The predicted molar refractivity (Wildman–Crippen MR) is 155 cm³/mol. The van der Waals surface area contributed by atoms with E-state index in [0.29, 0.717) is 5.75 Å². The minimum Gasteiger partial charge on any atom is -0.480 e. The van der Waals surface area contributed by atoms with E-state index >= 15 is 0 Å². The third-order valence-corrected chi connectivity index (χ3v) is 8.23. The van der Waals surface area contributed by atoms with Gasteiger partial charge in [-0.2, -0.15) is 11.8 Å². The van der Waals surface area contributed by atoms with Gasteiger partial charge in [-0.05, 0) is 42.2 Å². The monoisotopic (exact) mass is 537 g/mol. The Morgan fingerprint density at radius 1 is 0.872 bits per heavy atom. The van der Waals surface area contributed by atoms with Crippen LogP contribution in [0.25, 0.3) is 44.2 Å². The molecular weight excluding hydrogens is 510 g/mol. The molecule has 39 heavy (non-hydrogen) atoms. The number of aliphatic carboxylic acids is 1. The molecule has 196 valence electrons. The topological polar surface area (TPSA) is 80.0 Å². The number of hydrogen-bond acceptors (Lipinski definition) is 5. The maximum absolute atomic E-state index is 11.8. The number of carbonyl (C=O) groups excluding carboxylic acids is 1. The van der Waals surface area contributed by atoms with Crippen LogP contribution in [0.1, 0.15) is 19.4 Å². The summed E-state index contributed by atoms with van der Waals surface area (Å²) in [5.41, 5.74) is 6.36. The number of cyclic esters (lactones) is 1. The fourth-order valence-electron chi connectivity index (χ4n) is 5.15. The molecule has 6 rings (SSSR count). The van der Waals surface area contributed by atoms with Crippen molar-refractivity contribution in [1.82, 2.24) is 4.90 Å². The normalized spacial score (nSPS) is 15.2. The van der Waals surface area contributed by atoms with Crippen LogP contribution in [0, 0.1) is 0 Å². The van der Waals surface area contributed by atoms with E-state index in [1.54, 1.807) is 13.8 Å². The van der Waals surface area contributed by atoms with E-state index in [4.69, 9.17) is 9.15 Å². The van der Waals surface area contributed by atoms with Crippen molar-refractivity contribution in [1.29, 1.82) is 0 Å². The first-order valence-electron chi connectivity index (χ1n) is 12.7. The molecular formula is C32H27NO5S. The lowest BCUT2D eigenvalue weighted by Gasteiger charge is -2.48. The number of para-hydroxylation sites is 2. The number of amides is 1. The van der Waals surface area contributed by atoms with Crippen molar-refractivity contribution in [2.24, 2.45) is 0 Å². The lowest BCUT2D eigenvalue weighted by molar-refractivity contribution is -0.188. The van der Waals surface area contributed by atoms with Crippen molar-refractivity contribution >= 4 is 45.8 Å². The van der Waals surface area contributed by atoms with Crippen LogP contribution < -0.4 is 0 Å². The number of carboxylic acids is 1. The summed E-state index contributed by atoms with van der Waals surface area (Å²) < 4.78 is 11.3. The number of rotatable bonds is 8. The smallest absolute Gasteiger partial charge is 0.415 e. The molecule has 0 spiro atoms. The highest BCUT2D eigenvalue weighted by molar-refractivity contribution is 7.98. The molecule has 1 saturated heterocycles. The summed E-state index contributed by atoms with van der Waals surface area (Å²) in [7, 11) is 0. The summed E-state index contributed by atoms with van der Waals surface area (Å²) in [5.74, 6) is -0.0920. The molecule has 1 amide bonds. The minimum atomic E-state index is -1.03. The van der Waals surface area contributed by atoms with E-state index in [2.05, 4.69) is 72.8 Å². The third-order valence-electron chi connectivity index (χ3n) is 7.14. The van der Waals surface area contributed by atoms with E-state index in [-0.39, 0.29) is 5.75 Å². The van der Waals surface area contributed by atoms with Gasteiger partial charge in [0.15, 0.2) is 5.72 Å². The number of furan rings is 1. The average Bonchev–Trinajstić information content (AvgIpc) is 3.31. The summed E-state index contributed by atoms with van der Waals surface area (Å²) in [6, 6.07) is 30.2. The molecule has 4 aromatic carbocycles. The van der Waals surface area contributed by atoms with Gasteiger partial charge in [0.25, 0.3) is 0 Å². The van der Waals surface area contributed by atoms with Gasteiger partial charge in [0.2, 0.25) is 0 Å². The predicted octanol–water partition coefficient (Wildman–Crippen LogP) is 7.79. The third kappa shape index (κ3) is 4.63. The maximum atomic E-state index is 11.8. The van der Waals surface area contributed by atoms with Crippen molar-refractivity contribution < 1.29 is 23.8 Å². The van der Waals surface area contributed by atoms with Gasteiger partial charge >= 0.3 is 12.1 Å². The van der Waals surface area contributed by atoms with Gasteiger partial charge in [0.05, 0.1) is 0 Å². The van der Waals surface area contributed by atoms with Crippen molar-refractivity contribution in [2.45, 2.75) is 31.4 Å². The van der Waals surface area contributed by atoms with E-state index in [1.807, 2.05) is 18.2 Å². The van der Waals surface area contributed by atoms with Crippen LogP contribution in [-0.2, 0) is 15.3 Å². The van der Waals surface area contributed by atoms with Gasteiger partial charge < -0.3 is 14.3 Å². The minimum absolute atomic E-state index is 0.287. The van der Waals surface area contributed by atoms with Crippen molar-refractivity contribution in [3.05, 3.63) is 96.6 Å². The molecule has 0 radical (unpaired) electrons. The van der Waals surface area contributed by atoms with E-state index in [1.165, 1.54) is 16.7 Å². The van der Waals surface area contributed by atoms with Gasteiger partial charge in [0.1, 0.15) is 17.2 Å². The first-order valence-corrected chi connectivity index (χ1v) is 13.9. The molecule has 0 saturated carbocycles. The zero-order chi connectivity index (χ0) is 27.1. The molecule has 7 heteroatoms. The molecule has 5 aromatic rings. The second-order valence-electron chi connectivity index (χ2n) is 10.1. The van der Waals surface area contributed by atoms with Crippen molar-refractivity contribution in [3.63, 3.8) is 0 Å². The molecule has 1 aliphatic heterocycles. The lowest BCUT2D eigenvalue weighted by atomic mass is 9.98. The number of fused-ring (bicyclic) bond motifs is 3. The maximum Gasteiger partial charge on any atom is 0.415 e. The highest BCUT2D eigenvalue weighted by Gasteiger charge is 2.52. The Kier molecular flexibility index (Phi) is 6.31. The first-order chi connectivity index (χ1) is 18.8. The molecule has 6 nitrogen and oxygen atoms in total. The first kappa shape index (κ1) is 25.1. The molecule has 0 aliphatic carbocycles. The molecule has 2 heterocycles. The number of nitrogens with zero attached hydrogens (tertiary/aromatic N) is 1. The zero-order valence-corrected chi connectivity index (χ0v) is 22.4. The fraction of sp³-hybridized carbons (Fsp3) is 0.188. The van der Waals surface area contributed by atoms with Gasteiger partial charge in [-0.3, -0.25) is 4.90 Å². The second kappa shape index (κ2) is 9.82. The SMILES string of the molecule is CC1(C)OC(=O)N1C(CSCc1ccc(-c2ccc(-c3cccc4c3oc3ccccc34)cc2)cc1)C(=O)O. The highest BCUT2D eigenvalue weighted by atomic mass is 32.2. The van der Waals surface area contributed by atoms with Crippen molar-refractivity contribution in [3.8, 4) is 22.3 Å². The lowest BCUT2D eigenvalue weighted by Crippen LogP contribution is -2.67. The van der Waals surface area contributed by atoms with Crippen LogP contribution >= 0.6 is 11.8 Å². The average molecular weight is 538 g/mol. The molecule has 1 N–H and O–H groups in total. The number of carbonyl (C=O) groups is 2. The number of thioether (sulfide) groups is 1. The van der Waals surface area contributed by atoms with Crippen molar-refractivity contribution in [2.75, 3.05) is 5.75 Å². The Morgan fingerprint density at radius 2 is 1.51 bits per heavy atom. The summed E-state index contributed by atoms with van der Waals surface area (Å²) >= 11 is 1.49. The standard InChI is InChI=1S/C32H27NO5S/c1-32(2)33(31(36)38-32)27(30(34)35)19-39-18-20-10-12-21(13-11-20)22-14-16-23(17-15-22)24-7-5-8-26-25-6-3-4-9-28(25)37-29(24)26/h3-17,27H,18-19H2,1-2H3,(H,34,35). The highest BCUT2D eigenvalue weighted by Crippen LogP contribution is 2.36. The Hall–Kier alpha value is -4.23. The molecule has 0 bridgehead atoms.